The molecule has 2 aliphatic rings. The van der Waals surface area contributed by atoms with Gasteiger partial charge in [0.05, 0.1) is 11.1 Å². The van der Waals surface area contributed by atoms with Gasteiger partial charge in [-0.2, -0.15) is 0 Å². The topological polar surface area (TPSA) is 21.3 Å². The molecule has 0 amide bonds. The number of ether oxygens (including phenoxy) is 1. The molecule has 1 aromatic rings. The van der Waals surface area contributed by atoms with Crippen LogP contribution < -0.4 is 10.1 Å². The van der Waals surface area contributed by atoms with Gasteiger partial charge in [-0.25, -0.2) is 0 Å². The SMILES string of the molecule is Clc1cc(C2CCCNC2)ccc1OC1CCC1. The Kier molecular flexibility index (Phi) is 3.76. The minimum atomic E-state index is 0.393. The Balaban J connectivity index is 1.70. The molecule has 0 radical (unpaired) electrons. The summed E-state index contributed by atoms with van der Waals surface area (Å²) in [7, 11) is 0. The number of rotatable bonds is 3. The normalized spacial score (nSPS) is 24.6. The largest absolute Gasteiger partial charge is 0.489 e. The van der Waals surface area contributed by atoms with Gasteiger partial charge in [0.1, 0.15) is 5.75 Å². The van der Waals surface area contributed by atoms with Gasteiger partial charge in [-0.3, -0.25) is 0 Å². The molecule has 1 aromatic carbocycles. The Morgan fingerprint density at radius 2 is 2.06 bits per heavy atom. The number of hydrogen-bond acceptors (Lipinski definition) is 2. The van der Waals surface area contributed by atoms with Crippen molar-refractivity contribution in [1.29, 1.82) is 0 Å². The number of nitrogens with one attached hydrogen (secondary N) is 1. The van der Waals surface area contributed by atoms with Gasteiger partial charge in [0.25, 0.3) is 0 Å². The fourth-order valence-corrected chi connectivity index (χ4v) is 2.90. The van der Waals surface area contributed by atoms with E-state index in [-0.39, 0.29) is 0 Å². The Morgan fingerprint density at radius 1 is 1.17 bits per heavy atom. The molecule has 0 bridgehead atoms. The van der Waals surface area contributed by atoms with Crippen LogP contribution in [-0.4, -0.2) is 19.2 Å². The molecule has 0 spiro atoms. The maximum absolute atomic E-state index is 6.33. The first-order chi connectivity index (χ1) is 8.83. The zero-order valence-corrected chi connectivity index (χ0v) is 11.4. The summed E-state index contributed by atoms with van der Waals surface area (Å²) in [5.41, 5.74) is 1.34. The summed E-state index contributed by atoms with van der Waals surface area (Å²) in [6.07, 6.45) is 6.53. The Labute approximate surface area is 114 Å². The quantitative estimate of drug-likeness (QED) is 0.899. The average Bonchev–Trinajstić information content (AvgIpc) is 2.36. The standard InChI is InChI=1S/C15H20ClNO/c16-14-9-11(12-3-2-8-17-10-12)6-7-15(14)18-13-4-1-5-13/h6-7,9,12-13,17H,1-5,8,10H2. The van der Waals surface area contributed by atoms with Crippen LogP contribution in [0.25, 0.3) is 0 Å². The number of piperidine rings is 1. The summed E-state index contributed by atoms with van der Waals surface area (Å²) in [5, 5.41) is 4.21. The van der Waals surface area contributed by atoms with Crippen molar-refractivity contribution in [3.63, 3.8) is 0 Å². The third-order valence-corrected chi connectivity index (χ3v) is 4.37. The third kappa shape index (κ3) is 2.65. The van der Waals surface area contributed by atoms with E-state index in [0.29, 0.717) is 12.0 Å². The van der Waals surface area contributed by atoms with Crippen LogP contribution in [0, 0.1) is 0 Å². The smallest absolute Gasteiger partial charge is 0.138 e. The summed E-state index contributed by atoms with van der Waals surface area (Å²) < 4.78 is 5.88. The van der Waals surface area contributed by atoms with Gasteiger partial charge in [-0.05, 0) is 62.3 Å². The van der Waals surface area contributed by atoms with Gasteiger partial charge in [0.15, 0.2) is 0 Å². The fourth-order valence-electron chi connectivity index (χ4n) is 2.67. The van der Waals surface area contributed by atoms with E-state index in [0.717, 1.165) is 23.9 Å². The molecule has 1 aliphatic heterocycles. The summed E-state index contributed by atoms with van der Waals surface area (Å²) >= 11 is 6.33. The van der Waals surface area contributed by atoms with Crippen LogP contribution in [-0.2, 0) is 0 Å². The highest BCUT2D eigenvalue weighted by Crippen LogP contribution is 2.34. The lowest BCUT2D eigenvalue weighted by Gasteiger charge is -2.27. The van der Waals surface area contributed by atoms with Crippen molar-refractivity contribution in [3.8, 4) is 5.75 Å². The van der Waals surface area contributed by atoms with E-state index in [1.807, 2.05) is 6.07 Å². The van der Waals surface area contributed by atoms with E-state index in [1.165, 1.54) is 37.7 Å². The van der Waals surface area contributed by atoms with Crippen molar-refractivity contribution in [2.45, 2.75) is 44.1 Å². The monoisotopic (exact) mass is 265 g/mol. The second-order valence-corrected chi connectivity index (χ2v) is 5.81. The van der Waals surface area contributed by atoms with Crippen LogP contribution in [0.5, 0.6) is 5.75 Å². The summed E-state index contributed by atoms with van der Waals surface area (Å²) in [4.78, 5) is 0. The summed E-state index contributed by atoms with van der Waals surface area (Å²) in [5.74, 6) is 1.46. The van der Waals surface area contributed by atoms with Crippen molar-refractivity contribution in [3.05, 3.63) is 28.8 Å². The predicted molar refractivity (Wildman–Crippen MR) is 74.6 cm³/mol. The van der Waals surface area contributed by atoms with Crippen LogP contribution in [0.3, 0.4) is 0 Å². The van der Waals surface area contributed by atoms with Crippen molar-refractivity contribution < 1.29 is 4.74 Å². The zero-order valence-electron chi connectivity index (χ0n) is 10.6. The molecular weight excluding hydrogens is 246 g/mol. The van der Waals surface area contributed by atoms with Gasteiger partial charge in [-0.1, -0.05) is 17.7 Å². The van der Waals surface area contributed by atoms with Crippen molar-refractivity contribution in [2.75, 3.05) is 13.1 Å². The van der Waals surface area contributed by atoms with Gasteiger partial charge in [-0.15, -0.1) is 0 Å². The van der Waals surface area contributed by atoms with E-state index >= 15 is 0 Å². The van der Waals surface area contributed by atoms with Crippen LogP contribution in [0.1, 0.15) is 43.6 Å². The van der Waals surface area contributed by atoms with E-state index < -0.39 is 0 Å². The summed E-state index contributed by atoms with van der Waals surface area (Å²) in [6.45, 7) is 2.21. The molecule has 1 aliphatic carbocycles. The van der Waals surface area contributed by atoms with E-state index in [2.05, 4.69) is 17.4 Å². The Morgan fingerprint density at radius 3 is 2.67 bits per heavy atom. The molecule has 1 saturated heterocycles. The first-order valence-electron chi connectivity index (χ1n) is 7.00. The molecule has 1 N–H and O–H groups in total. The first-order valence-corrected chi connectivity index (χ1v) is 7.37. The first kappa shape index (κ1) is 12.3. The minimum Gasteiger partial charge on any atom is -0.489 e. The lowest BCUT2D eigenvalue weighted by molar-refractivity contribution is 0.120. The Hall–Kier alpha value is -0.730. The number of hydrogen-bond donors (Lipinski definition) is 1. The van der Waals surface area contributed by atoms with Gasteiger partial charge < -0.3 is 10.1 Å². The highest BCUT2D eigenvalue weighted by Gasteiger charge is 2.21. The maximum atomic E-state index is 6.33. The molecule has 2 fully saturated rings. The second-order valence-electron chi connectivity index (χ2n) is 5.40. The highest BCUT2D eigenvalue weighted by molar-refractivity contribution is 6.32. The Bertz CT molecular complexity index is 411. The van der Waals surface area contributed by atoms with Gasteiger partial charge in [0, 0.05) is 6.54 Å². The van der Waals surface area contributed by atoms with E-state index in [1.54, 1.807) is 0 Å². The zero-order chi connectivity index (χ0) is 12.4. The molecule has 2 nitrogen and oxygen atoms in total. The molecule has 0 aromatic heterocycles. The van der Waals surface area contributed by atoms with E-state index in [9.17, 15) is 0 Å². The van der Waals surface area contributed by atoms with Crippen LogP contribution >= 0.6 is 11.6 Å². The van der Waals surface area contributed by atoms with Crippen molar-refractivity contribution in [1.82, 2.24) is 5.32 Å². The minimum absolute atomic E-state index is 0.393. The fraction of sp³-hybridized carbons (Fsp3) is 0.600. The van der Waals surface area contributed by atoms with Crippen LogP contribution in [0.2, 0.25) is 5.02 Å². The molecule has 3 heteroatoms. The van der Waals surface area contributed by atoms with Crippen molar-refractivity contribution in [2.24, 2.45) is 0 Å². The number of benzene rings is 1. The van der Waals surface area contributed by atoms with Crippen molar-refractivity contribution >= 4 is 11.6 Å². The lowest BCUT2D eigenvalue weighted by atomic mass is 9.91. The summed E-state index contributed by atoms with van der Waals surface area (Å²) in [6, 6.07) is 6.31. The van der Waals surface area contributed by atoms with Crippen LogP contribution in [0.15, 0.2) is 18.2 Å². The second kappa shape index (κ2) is 5.50. The molecule has 1 heterocycles. The molecule has 1 saturated carbocycles. The highest BCUT2D eigenvalue weighted by atomic mass is 35.5. The van der Waals surface area contributed by atoms with E-state index in [4.69, 9.17) is 16.3 Å². The van der Waals surface area contributed by atoms with Gasteiger partial charge >= 0.3 is 0 Å². The third-order valence-electron chi connectivity index (χ3n) is 4.07. The predicted octanol–water partition coefficient (Wildman–Crippen LogP) is 3.74. The van der Waals surface area contributed by atoms with Gasteiger partial charge in [0.2, 0.25) is 0 Å². The molecule has 1 unspecified atom stereocenters. The molecule has 3 rings (SSSR count). The maximum Gasteiger partial charge on any atom is 0.138 e. The molecule has 98 valence electrons. The molecule has 18 heavy (non-hydrogen) atoms. The average molecular weight is 266 g/mol. The molecular formula is C15H20ClNO. The molecule has 1 atom stereocenters. The van der Waals surface area contributed by atoms with Crippen LogP contribution in [0.4, 0.5) is 0 Å². The lowest BCUT2D eigenvalue weighted by Crippen LogP contribution is -2.28. The number of halogens is 1.